The lowest BCUT2D eigenvalue weighted by atomic mass is 10.0. The Hall–Kier alpha value is -1.46. The summed E-state index contributed by atoms with van der Waals surface area (Å²) in [6.07, 6.45) is 0. The second kappa shape index (κ2) is 5.89. The number of para-hydroxylation sites is 1. The fraction of sp³-hybridized carbons (Fsp3) is 0.467. The number of hydrogen-bond donors (Lipinski definition) is 1. The van der Waals surface area contributed by atoms with Crippen LogP contribution in [0.1, 0.15) is 19.9 Å². The van der Waals surface area contributed by atoms with Crippen LogP contribution >= 0.6 is 12.2 Å². The lowest BCUT2D eigenvalue weighted by Crippen LogP contribution is -2.35. The molecule has 20 heavy (non-hydrogen) atoms. The third-order valence-electron chi connectivity index (χ3n) is 3.49. The topological polar surface area (TPSA) is 41.0 Å². The maximum absolute atomic E-state index is 12.7. The molecule has 4 nitrogen and oxygen atoms in total. The van der Waals surface area contributed by atoms with Crippen molar-refractivity contribution in [3.63, 3.8) is 0 Å². The predicted molar refractivity (Wildman–Crippen MR) is 85.8 cm³/mol. The number of rotatable bonds is 4. The van der Waals surface area contributed by atoms with E-state index in [0.29, 0.717) is 16.1 Å². The van der Waals surface area contributed by atoms with Crippen molar-refractivity contribution in [2.45, 2.75) is 19.9 Å². The highest BCUT2D eigenvalue weighted by Crippen LogP contribution is 2.18. The SMILES string of the molecule is CC(C)C(CN(C)C)n1c(=S)[nH]c2ccccc2c1=O. The van der Waals surface area contributed by atoms with Gasteiger partial charge in [-0.1, -0.05) is 26.0 Å². The van der Waals surface area contributed by atoms with Gasteiger partial charge in [0.15, 0.2) is 4.77 Å². The molecule has 0 amide bonds. The Bertz CT molecular complexity index is 715. The molecule has 0 aliphatic carbocycles. The zero-order valence-corrected chi connectivity index (χ0v) is 13.2. The Balaban J connectivity index is 2.69. The van der Waals surface area contributed by atoms with Crippen LogP contribution in [-0.4, -0.2) is 35.1 Å². The Morgan fingerprint density at radius 1 is 1.30 bits per heavy atom. The van der Waals surface area contributed by atoms with Crippen LogP contribution < -0.4 is 5.56 Å². The number of nitrogens with zero attached hydrogens (tertiary/aromatic N) is 2. The zero-order valence-electron chi connectivity index (χ0n) is 12.4. The van der Waals surface area contributed by atoms with Crippen molar-refractivity contribution < 1.29 is 0 Å². The van der Waals surface area contributed by atoms with Crippen LogP contribution in [0.3, 0.4) is 0 Å². The summed E-state index contributed by atoms with van der Waals surface area (Å²) in [5.41, 5.74) is 0.788. The average molecular weight is 291 g/mol. The van der Waals surface area contributed by atoms with Crippen LogP contribution in [0.2, 0.25) is 0 Å². The van der Waals surface area contributed by atoms with Gasteiger partial charge in [0.1, 0.15) is 0 Å². The van der Waals surface area contributed by atoms with Crippen LogP contribution in [0, 0.1) is 10.7 Å². The van der Waals surface area contributed by atoms with Gasteiger partial charge in [0.25, 0.3) is 5.56 Å². The molecule has 0 saturated heterocycles. The first-order valence-electron chi connectivity index (χ1n) is 6.80. The number of fused-ring (bicyclic) bond motifs is 1. The van der Waals surface area contributed by atoms with Crippen molar-refractivity contribution in [1.82, 2.24) is 14.5 Å². The molecule has 1 heterocycles. The maximum Gasteiger partial charge on any atom is 0.262 e. The third-order valence-corrected chi connectivity index (χ3v) is 3.79. The molecule has 1 N–H and O–H groups in total. The minimum Gasteiger partial charge on any atom is -0.332 e. The Labute approximate surface area is 124 Å². The zero-order chi connectivity index (χ0) is 14.9. The van der Waals surface area contributed by atoms with Crippen LogP contribution in [0.25, 0.3) is 10.9 Å². The van der Waals surface area contributed by atoms with E-state index in [-0.39, 0.29) is 11.6 Å². The van der Waals surface area contributed by atoms with Gasteiger partial charge in [-0.25, -0.2) is 0 Å². The number of benzene rings is 1. The standard InChI is InChI=1S/C15H21N3OS/c1-10(2)13(9-17(3)4)18-14(19)11-7-5-6-8-12(11)16-15(18)20/h5-8,10,13H,9H2,1-4H3,(H,16,20). The normalized spacial score (nSPS) is 13.3. The minimum absolute atomic E-state index is 0.00935. The first kappa shape index (κ1) is 14.9. The van der Waals surface area contributed by atoms with Crippen molar-refractivity contribution >= 4 is 23.1 Å². The Kier molecular flexibility index (Phi) is 4.40. The van der Waals surface area contributed by atoms with Crippen LogP contribution in [0.4, 0.5) is 0 Å². The highest BCUT2D eigenvalue weighted by molar-refractivity contribution is 7.71. The first-order valence-corrected chi connectivity index (χ1v) is 7.21. The van der Waals surface area contributed by atoms with Gasteiger partial charge in [-0.2, -0.15) is 0 Å². The number of nitrogens with one attached hydrogen (secondary N) is 1. The second-order valence-corrected chi connectivity index (χ2v) is 6.11. The van der Waals surface area contributed by atoms with E-state index in [4.69, 9.17) is 12.2 Å². The molecule has 2 aromatic rings. The molecule has 0 bridgehead atoms. The van der Waals surface area contributed by atoms with E-state index in [0.717, 1.165) is 12.1 Å². The van der Waals surface area contributed by atoms with Crippen LogP contribution in [0.15, 0.2) is 29.1 Å². The number of aromatic nitrogens is 2. The fourth-order valence-corrected chi connectivity index (χ4v) is 2.77. The third kappa shape index (κ3) is 2.83. The van der Waals surface area contributed by atoms with E-state index in [1.54, 1.807) is 4.57 Å². The fourth-order valence-electron chi connectivity index (χ4n) is 2.44. The summed E-state index contributed by atoms with van der Waals surface area (Å²) >= 11 is 5.40. The molecule has 0 aliphatic rings. The largest absolute Gasteiger partial charge is 0.332 e. The van der Waals surface area contributed by atoms with Gasteiger partial charge >= 0.3 is 0 Å². The average Bonchev–Trinajstić information content (AvgIpc) is 2.37. The molecule has 0 spiro atoms. The van der Waals surface area contributed by atoms with E-state index in [9.17, 15) is 4.79 Å². The Morgan fingerprint density at radius 3 is 2.55 bits per heavy atom. The van der Waals surface area contributed by atoms with Crippen molar-refractivity contribution in [1.29, 1.82) is 0 Å². The van der Waals surface area contributed by atoms with Crippen molar-refractivity contribution in [2.24, 2.45) is 5.92 Å². The molecule has 2 rings (SSSR count). The smallest absolute Gasteiger partial charge is 0.262 e. The number of likely N-dealkylation sites (N-methyl/N-ethyl adjacent to an activating group) is 1. The summed E-state index contributed by atoms with van der Waals surface area (Å²) in [5.74, 6) is 0.325. The molecule has 0 radical (unpaired) electrons. The van der Waals surface area contributed by atoms with Gasteiger partial charge in [0, 0.05) is 6.54 Å². The maximum atomic E-state index is 12.7. The van der Waals surface area contributed by atoms with Gasteiger partial charge in [0.2, 0.25) is 0 Å². The molecule has 5 heteroatoms. The number of H-pyrrole nitrogens is 1. The molecule has 0 aliphatic heterocycles. The molecule has 1 atom stereocenters. The van der Waals surface area contributed by atoms with Gasteiger partial charge < -0.3 is 9.88 Å². The van der Waals surface area contributed by atoms with E-state index >= 15 is 0 Å². The molecule has 1 unspecified atom stereocenters. The number of aromatic amines is 1. The van der Waals surface area contributed by atoms with Crippen molar-refractivity contribution in [3.8, 4) is 0 Å². The van der Waals surface area contributed by atoms with Crippen molar-refractivity contribution in [2.75, 3.05) is 20.6 Å². The monoisotopic (exact) mass is 291 g/mol. The van der Waals surface area contributed by atoms with Gasteiger partial charge in [0.05, 0.1) is 16.9 Å². The quantitative estimate of drug-likeness (QED) is 0.881. The van der Waals surface area contributed by atoms with Gasteiger partial charge in [-0.15, -0.1) is 0 Å². The molecule has 1 aromatic carbocycles. The molecule has 108 valence electrons. The summed E-state index contributed by atoms with van der Waals surface area (Å²) in [6.45, 7) is 5.02. The molecule has 0 fully saturated rings. The summed E-state index contributed by atoms with van der Waals surface area (Å²) in [7, 11) is 4.02. The number of hydrogen-bond acceptors (Lipinski definition) is 3. The highest BCUT2D eigenvalue weighted by Gasteiger charge is 2.20. The summed E-state index contributed by atoms with van der Waals surface area (Å²) in [6, 6.07) is 7.56. The highest BCUT2D eigenvalue weighted by atomic mass is 32.1. The lowest BCUT2D eigenvalue weighted by molar-refractivity contribution is 0.262. The van der Waals surface area contributed by atoms with Crippen molar-refractivity contribution in [3.05, 3.63) is 39.4 Å². The lowest BCUT2D eigenvalue weighted by Gasteiger charge is -2.26. The van der Waals surface area contributed by atoms with E-state index in [1.807, 2.05) is 38.4 Å². The summed E-state index contributed by atoms with van der Waals surface area (Å²) in [5, 5.41) is 0.686. The van der Waals surface area contributed by atoms with Crippen LogP contribution in [0.5, 0.6) is 0 Å². The predicted octanol–water partition coefficient (Wildman–Crippen LogP) is 2.82. The van der Waals surface area contributed by atoms with Gasteiger partial charge in [-0.05, 0) is 44.4 Å². The first-order chi connectivity index (χ1) is 9.41. The second-order valence-electron chi connectivity index (χ2n) is 5.72. The Morgan fingerprint density at radius 2 is 1.95 bits per heavy atom. The molecular formula is C15H21N3OS. The summed E-state index contributed by atoms with van der Waals surface area (Å²) < 4.78 is 2.22. The van der Waals surface area contributed by atoms with Gasteiger partial charge in [-0.3, -0.25) is 9.36 Å². The van der Waals surface area contributed by atoms with E-state index in [1.165, 1.54) is 0 Å². The molecule has 0 saturated carbocycles. The van der Waals surface area contributed by atoms with E-state index in [2.05, 4.69) is 23.7 Å². The molecular weight excluding hydrogens is 270 g/mol. The minimum atomic E-state index is -0.00935. The van der Waals surface area contributed by atoms with E-state index < -0.39 is 0 Å². The molecule has 1 aromatic heterocycles. The van der Waals surface area contributed by atoms with Crippen LogP contribution in [-0.2, 0) is 0 Å². The summed E-state index contributed by atoms with van der Waals surface area (Å²) in [4.78, 5) is 18.0.